The van der Waals surface area contributed by atoms with E-state index in [0.717, 1.165) is 9.58 Å². The van der Waals surface area contributed by atoms with E-state index in [1.54, 1.807) is 27.7 Å². The second-order valence-electron chi connectivity index (χ2n) is 9.93. The predicted molar refractivity (Wildman–Crippen MR) is 135 cm³/mol. The van der Waals surface area contributed by atoms with Crippen molar-refractivity contribution < 1.29 is 28.0 Å². The van der Waals surface area contributed by atoms with Gasteiger partial charge in [0.25, 0.3) is 5.92 Å². The van der Waals surface area contributed by atoms with Crippen molar-refractivity contribution in [2.45, 2.75) is 71.1 Å². The van der Waals surface area contributed by atoms with Gasteiger partial charge in [-0.25, -0.2) is 23.2 Å². The fourth-order valence-corrected chi connectivity index (χ4v) is 4.17. The normalized spacial score (nSPS) is 18.1. The van der Waals surface area contributed by atoms with Crippen LogP contribution in [0.5, 0.6) is 5.88 Å². The van der Waals surface area contributed by atoms with Gasteiger partial charge in [-0.2, -0.15) is 4.98 Å². The molecule has 210 valence electrons. The van der Waals surface area contributed by atoms with Crippen molar-refractivity contribution >= 4 is 40.8 Å². The standard InChI is InChI=1S/C22H29Cl2F2N7O5/c1-12(28-17-14(23)10-27-19(24)29-17)7-9-37-18-16(33(35)36)13(2)32(30-18)15-6-8-31(11-22(15,25)26)20(34)38-21(3,4)5/h10,12,15H,6-9,11H2,1-5H3,(H,27,28,29)/t12-,15?/m1/s1. The first-order chi connectivity index (χ1) is 17.6. The van der Waals surface area contributed by atoms with Crippen LogP contribution in [0.3, 0.4) is 0 Å². The zero-order chi connectivity index (χ0) is 28.4. The molecular weight excluding hydrogens is 551 g/mol. The average molecular weight is 580 g/mol. The third-order valence-corrected chi connectivity index (χ3v) is 6.12. The minimum atomic E-state index is -3.42. The molecule has 12 nitrogen and oxygen atoms in total. The number of amides is 1. The summed E-state index contributed by atoms with van der Waals surface area (Å²) < 4.78 is 42.1. The maximum Gasteiger partial charge on any atom is 0.410 e. The van der Waals surface area contributed by atoms with Crippen LogP contribution in [0.4, 0.5) is 25.1 Å². The van der Waals surface area contributed by atoms with Gasteiger partial charge >= 0.3 is 17.7 Å². The van der Waals surface area contributed by atoms with E-state index in [-0.39, 0.29) is 47.5 Å². The molecule has 2 aromatic rings. The van der Waals surface area contributed by atoms with Crippen molar-refractivity contribution in [1.82, 2.24) is 24.6 Å². The summed E-state index contributed by atoms with van der Waals surface area (Å²) in [6.45, 7) is 7.09. The van der Waals surface area contributed by atoms with Gasteiger partial charge in [-0.1, -0.05) is 11.6 Å². The number of nitrogens with zero attached hydrogens (tertiary/aromatic N) is 6. The lowest BCUT2D eigenvalue weighted by Gasteiger charge is -2.38. The molecule has 2 atom stereocenters. The lowest BCUT2D eigenvalue weighted by Crippen LogP contribution is -2.52. The van der Waals surface area contributed by atoms with Gasteiger partial charge in [0.05, 0.1) is 24.3 Å². The SMILES string of the molecule is Cc1c([N+](=O)[O-])c(OCC[C@@H](C)Nc2nc(Cl)ncc2Cl)nn1C1CCN(C(=O)OC(C)(C)C)CC1(F)F. The molecule has 2 aromatic heterocycles. The molecule has 0 saturated carbocycles. The molecule has 16 heteroatoms. The maximum absolute atomic E-state index is 15.2. The predicted octanol–water partition coefficient (Wildman–Crippen LogP) is 5.28. The number of nitrogens with one attached hydrogen (secondary N) is 1. The van der Waals surface area contributed by atoms with Crippen molar-refractivity contribution in [1.29, 1.82) is 0 Å². The van der Waals surface area contributed by atoms with Crippen LogP contribution >= 0.6 is 23.2 Å². The Hall–Kier alpha value is -3.00. The summed E-state index contributed by atoms with van der Waals surface area (Å²) in [4.78, 5) is 32.0. The van der Waals surface area contributed by atoms with E-state index < -0.39 is 40.8 Å². The Morgan fingerprint density at radius 1 is 1.39 bits per heavy atom. The van der Waals surface area contributed by atoms with E-state index in [9.17, 15) is 14.9 Å². The Bertz CT molecular complexity index is 1190. The first-order valence-electron chi connectivity index (χ1n) is 11.8. The summed E-state index contributed by atoms with van der Waals surface area (Å²) in [6, 6.07) is -1.76. The molecule has 38 heavy (non-hydrogen) atoms. The lowest BCUT2D eigenvalue weighted by atomic mass is 10.0. The zero-order valence-electron chi connectivity index (χ0n) is 21.5. The topological polar surface area (TPSA) is 138 Å². The van der Waals surface area contributed by atoms with Crippen LogP contribution in [0.2, 0.25) is 10.3 Å². The van der Waals surface area contributed by atoms with Crippen molar-refractivity contribution in [3.05, 3.63) is 32.3 Å². The Morgan fingerprint density at radius 2 is 2.08 bits per heavy atom. The second-order valence-corrected chi connectivity index (χ2v) is 10.7. The number of ether oxygens (including phenoxy) is 2. The van der Waals surface area contributed by atoms with E-state index in [2.05, 4.69) is 20.4 Å². The first-order valence-corrected chi connectivity index (χ1v) is 12.5. The fourth-order valence-electron chi connectivity index (χ4n) is 3.89. The van der Waals surface area contributed by atoms with E-state index in [0.29, 0.717) is 12.2 Å². The van der Waals surface area contributed by atoms with Crippen molar-refractivity contribution in [2.75, 3.05) is 25.0 Å². The largest absolute Gasteiger partial charge is 0.472 e. The molecule has 1 amide bonds. The lowest BCUT2D eigenvalue weighted by molar-refractivity contribution is -0.386. The number of anilines is 1. The molecule has 1 saturated heterocycles. The minimum Gasteiger partial charge on any atom is -0.472 e. The fraction of sp³-hybridized carbons (Fsp3) is 0.636. The first kappa shape index (κ1) is 29.6. The number of rotatable bonds is 8. The number of alkyl halides is 2. The van der Waals surface area contributed by atoms with Crippen molar-refractivity contribution in [3.63, 3.8) is 0 Å². The summed E-state index contributed by atoms with van der Waals surface area (Å²) >= 11 is 11.8. The molecule has 3 heterocycles. The van der Waals surface area contributed by atoms with E-state index in [1.165, 1.54) is 13.1 Å². The summed E-state index contributed by atoms with van der Waals surface area (Å²) in [5.74, 6) is -3.48. The summed E-state index contributed by atoms with van der Waals surface area (Å²) in [5, 5.41) is 19.1. The van der Waals surface area contributed by atoms with Crippen LogP contribution in [0.25, 0.3) is 0 Å². The number of carbonyl (C=O) groups is 1. The molecule has 1 aliphatic rings. The van der Waals surface area contributed by atoms with Crippen molar-refractivity contribution in [2.24, 2.45) is 0 Å². The molecule has 0 bridgehead atoms. The quantitative estimate of drug-likeness (QED) is 0.251. The monoisotopic (exact) mass is 579 g/mol. The van der Waals surface area contributed by atoms with Gasteiger partial charge in [-0.05, 0) is 52.6 Å². The van der Waals surface area contributed by atoms with E-state index in [1.807, 2.05) is 0 Å². The summed E-state index contributed by atoms with van der Waals surface area (Å²) in [5.41, 5.74) is -1.41. The Morgan fingerprint density at radius 3 is 2.68 bits per heavy atom. The Balaban J connectivity index is 1.70. The third kappa shape index (κ3) is 7.10. The van der Waals surface area contributed by atoms with Gasteiger partial charge in [-0.3, -0.25) is 10.1 Å². The number of aromatic nitrogens is 4. The van der Waals surface area contributed by atoms with Gasteiger partial charge in [0.2, 0.25) is 5.28 Å². The number of nitro groups is 1. The average Bonchev–Trinajstić information content (AvgIpc) is 3.10. The number of likely N-dealkylation sites (tertiary alicyclic amines) is 1. The molecule has 1 fully saturated rings. The highest BCUT2D eigenvalue weighted by Crippen LogP contribution is 2.41. The van der Waals surface area contributed by atoms with Crippen LogP contribution in [0.1, 0.15) is 52.3 Å². The summed E-state index contributed by atoms with van der Waals surface area (Å²) in [6.07, 6.45) is 0.644. The number of piperidine rings is 1. The highest BCUT2D eigenvalue weighted by Gasteiger charge is 2.49. The molecule has 0 radical (unpaired) electrons. The molecule has 1 unspecified atom stereocenters. The van der Waals surface area contributed by atoms with Crippen LogP contribution in [0.15, 0.2) is 6.20 Å². The van der Waals surface area contributed by atoms with E-state index in [4.69, 9.17) is 32.7 Å². The van der Waals surface area contributed by atoms with Crippen molar-refractivity contribution in [3.8, 4) is 5.88 Å². The highest BCUT2D eigenvalue weighted by molar-refractivity contribution is 6.33. The zero-order valence-corrected chi connectivity index (χ0v) is 23.0. The van der Waals surface area contributed by atoms with Crippen LogP contribution in [0, 0.1) is 17.0 Å². The number of hydrogen-bond acceptors (Lipinski definition) is 9. The third-order valence-electron chi connectivity index (χ3n) is 5.67. The van der Waals surface area contributed by atoms with Crippen LogP contribution in [-0.4, -0.2) is 72.9 Å². The second kappa shape index (κ2) is 11.4. The van der Waals surface area contributed by atoms with Crippen LogP contribution in [-0.2, 0) is 4.74 Å². The number of carbonyl (C=O) groups excluding carboxylic acids is 1. The Labute approximate surface area is 227 Å². The number of halogens is 4. The molecular formula is C22H29Cl2F2N7O5. The molecule has 1 aliphatic heterocycles. The van der Waals surface area contributed by atoms with E-state index >= 15 is 8.78 Å². The molecule has 3 rings (SSSR count). The molecule has 0 aromatic carbocycles. The van der Waals surface area contributed by atoms with Gasteiger partial charge in [0.15, 0.2) is 0 Å². The molecule has 0 aliphatic carbocycles. The van der Waals surface area contributed by atoms with Gasteiger partial charge in [0.1, 0.15) is 28.2 Å². The molecule has 1 N–H and O–H groups in total. The summed E-state index contributed by atoms with van der Waals surface area (Å²) in [7, 11) is 0. The smallest absolute Gasteiger partial charge is 0.410 e. The highest BCUT2D eigenvalue weighted by atomic mass is 35.5. The Kier molecular flexibility index (Phi) is 8.86. The van der Waals surface area contributed by atoms with Gasteiger partial charge in [-0.15, -0.1) is 5.10 Å². The molecule has 0 spiro atoms. The van der Waals surface area contributed by atoms with Gasteiger partial charge < -0.3 is 19.7 Å². The number of hydrogen-bond donors (Lipinski definition) is 1. The van der Waals surface area contributed by atoms with Crippen LogP contribution < -0.4 is 10.1 Å². The maximum atomic E-state index is 15.2. The van der Waals surface area contributed by atoms with Gasteiger partial charge in [0, 0.05) is 19.0 Å². The minimum absolute atomic E-state index is 0.00530.